The Morgan fingerprint density at radius 2 is 1.72 bits per heavy atom. The first kappa shape index (κ1) is 22.8. The minimum atomic E-state index is -0.896. The summed E-state index contributed by atoms with van der Waals surface area (Å²) in [7, 11) is 0. The van der Waals surface area contributed by atoms with Crippen LogP contribution in [0.4, 0.5) is 5.82 Å². The van der Waals surface area contributed by atoms with Gasteiger partial charge in [-0.05, 0) is 44.7 Å². The Bertz CT molecular complexity index is 973. The molecule has 1 aromatic carbocycles. The van der Waals surface area contributed by atoms with Gasteiger partial charge >= 0.3 is 5.97 Å². The molecule has 1 aromatic heterocycles. The number of rotatable bonds is 6. The third-order valence-corrected chi connectivity index (χ3v) is 7.11. The topological polar surface area (TPSA) is 87.5 Å². The number of likely N-dealkylation sites (tertiary alicyclic amines) is 1. The second-order valence-corrected chi connectivity index (χ2v) is 9.53. The molecular weight excluding hydrogens is 404 g/mol. The monoisotopic (exact) mass is 440 g/mol. The van der Waals surface area contributed by atoms with Crippen molar-refractivity contribution in [2.75, 3.05) is 18.4 Å². The highest BCUT2D eigenvalue weighted by molar-refractivity contribution is 5.76. The van der Waals surface area contributed by atoms with E-state index in [9.17, 15) is 9.59 Å². The molecule has 1 saturated carbocycles. The molecule has 0 radical (unpaired) electrons. The summed E-state index contributed by atoms with van der Waals surface area (Å²) >= 11 is 0. The number of fused-ring (bicyclic) bond motifs is 1. The molecule has 1 unspecified atom stereocenters. The van der Waals surface area contributed by atoms with Gasteiger partial charge in [-0.15, -0.1) is 0 Å². The van der Waals surface area contributed by atoms with E-state index >= 15 is 0 Å². The quantitative estimate of drug-likeness (QED) is 0.691. The molecule has 2 aromatic rings. The van der Waals surface area contributed by atoms with E-state index in [0.717, 1.165) is 37.0 Å². The molecule has 2 aliphatic rings. The summed E-state index contributed by atoms with van der Waals surface area (Å²) in [5.74, 6) is -0.646. The number of hydrogen-bond donors (Lipinski definition) is 2. The van der Waals surface area contributed by atoms with Crippen LogP contribution in [-0.2, 0) is 4.79 Å². The van der Waals surface area contributed by atoms with Gasteiger partial charge in [0.05, 0.1) is 17.5 Å². The molecule has 0 spiro atoms. The lowest BCUT2D eigenvalue weighted by molar-refractivity contribution is -0.137. The number of piperidine rings is 1. The lowest BCUT2D eigenvalue weighted by Gasteiger charge is -2.39. The van der Waals surface area contributed by atoms with Crippen LogP contribution >= 0.6 is 0 Å². The molecule has 0 amide bonds. The van der Waals surface area contributed by atoms with Crippen molar-refractivity contribution >= 4 is 22.8 Å². The average Bonchev–Trinajstić information content (AvgIpc) is 2.74. The molecule has 2 heterocycles. The van der Waals surface area contributed by atoms with Crippen LogP contribution in [0.25, 0.3) is 11.0 Å². The fraction of sp³-hybridized carbons (Fsp3) is 0.640. The predicted octanol–water partition coefficient (Wildman–Crippen LogP) is 4.42. The van der Waals surface area contributed by atoms with Crippen molar-refractivity contribution in [3.8, 4) is 0 Å². The molecular formula is C25H36N4O3. The van der Waals surface area contributed by atoms with Gasteiger partial charge in [0, 0.05) is 31.2 Å². The first-order chi connectivity index (χ1) is 15.5. The van der Waals surface area contributed by atoms with Gasteiger partial charge in [0.25, 0.3) is 5.56 Å². The fourth-order valence-corrected chi connectivity index (χ4v) is 5.47. The summed E-state index contributed by atoms with van der Waals surface area (Å²) in [6, 6.07) is 8.21. The highest BCUT2D eigenvalue weighted by Gasteiger charge is 2.28. The van der Waals surface area contributed by atoms with Gasteiger partial charge in [-0.2, -0.15) is 0 Å². The number of aromatic nitrogens is 2. The van der Waals surface area contributed by atoms with Crippen LogP contribution in [0, 0.1) is 0 Å². The van der Waals surface area contributed by atoms with Crippen molar-refractivity contribution in [3.63, 3.8) is 0 Å². The molecule has 2 fully saturated rings. The Hall–Kier alpha value is -2.41. The predicted molar refractivity (Wildman–Crippen MR) is 127 cm³/mol. The average molecular weight is 441 g/mol. The number of nitrogens with zero attached hydrogens (tertiary/aromatic N) is 3. The second kappa shape index (κ2) is 10.5. The maximum atomic E-state index is 13.4. The van der Waals surface area contributed by atoms with Crippen molar-refractivity contribution < 1.29 is 9.90 Å². The van der Waals surface area contributed by atoms with E-state index in [1.54, 1.807) is 6.92 Å². The van der Waals surface area contributed by atoms with E-state index in [4.69, 9.17) is 5.11 Å². The standard InChI is InChI=1S/C25H36N4O3/c1-18(17-23(30)31)26-24-25(32)29(22-12-8-7-11-21(22)27-24)20-13-15-28(16-14-20)19-9-5-3-2-4-6-10-19/h7-8,11-12,18-20H,2-6,9-10,13-17H2,1H3,(H,26,27)(H,30,31). The number of carboxylic acid groups (broad SMARTS) is 1. The minimum absolute atomic E-state index is 0.0618. The summed E-state index contributed by atoms with van der Waals surface area (Å²) in [5.41, 5.74) is 1.48. The number of hydrogen-bond acceptors (Lipinski definition) is 5. The normalized spacial score (nSPS) is 20.5. The van der Waals surface area contributed by atoms with E-state index in [1.807, 2.05) is 28.8 Å². The molecule has 1 aliphatic carbocycles. The first-order valence-corrected chi connectivity index (χ1v) is 12.3. The summed E-state index contributed by atoms with van der Waals surface area (Å²) in [6.07, 6.45) is 11.2. The van der Waals surface area contributed by atoms with Crippen molar-refractivity contribution in [1.29, 1.82) is 0 Å². The van der Waals surface area contributed by atoms with E-state index in [0.29, 0.717) is 6.04 Å². The molecule has 7 heteroatoms. The zero-order valence-corrected chi connectivity index (χ0v) is 19.1. The zero-order chi connectivity index (χ0) is 22.5. The molecule has 0 bridgehead atoms. The SMILES string of the molecule is CC(CC(=O)O)Nc1nc2ccccc2n(C2CCN(C3CCCCCCC3)CC2)c1=O. The molecule has 32 heavy (non-hydrogen) atoms. The van der Waals surface area contributed by atoms with Crippen molar-refractivity contribution in [3.05, 3.63) is 34.6 Å². The molecule has 4 rings (SSSR count). The number of carboxylic acids is 1. The van der Waals surface area contributed by atoms with E-state index in [-0.39, 0.29) is 29.9 Å². The Labute approximate surface area is 189 Å². The van der Waals surface area contributed by atoms with Crippen LogP contribution in [0.5, 0.6) is 0 Å². The Kier molecular flexibility index (Phi) is 7.45. The molecule has 174 valence electrons. The highest BCUT2D eigenvalue weighted by atomic mass is 16.4. The zero-order valence-electron chi connectivity index (χ0n) is 19.1. The molecule has 1 aliphatic heterocycles. The molecule has 1 saturated heterocycles. The van der Waals surface area contributed by atoms with E-state index in [2.05, 4.69) is 15.2 Å². The van der Waals surface area contributed by atoms with Crippen LogP contribution in [0.1, 0.15) is 77.2 Å². The summed E-state index contributed by atoms with van der Waals surface area (Å²) in [4.78, 5) is 31.7. The third kappa shape index (κ3) is 5.31. The smallest absolute Gasteiger partial charge is 0.305 e. The summed E-state index contributed by atoms with van der Waals surface area (Å²) in [5, 5.41) is 12.1. The minimum Gasteiger partial charge on any atom is -0.481 e. The summed E-state index contributed by atoms with van der Waals surface area (Å²) < 4.78 is 1.91. The van der Waals surface area contributed by atoms with Crippen LogP contribution < -0.4 is 10.9 Å². The van der Waals surface area contributed by atoms with E-state index in [1.165, 1.54) is 44.9 Å². The number of benzene rings is 1. The lowest BCUT2D eigenvalue weighted by Crippen LogP contribution is -2.43. The highest BCUT2D eigenvalue weighted by Crippen LogP contribution is 2.29. The second-order valence-electron chi connectivity index (χ2n) is 9.53. The van der Waals surface area contributed by atoms with Gasteiger partial charge < -0.3 is 19.9 Å². The van der Waals surface area contributed by atoms with Crippen LogP contribution in [0.2, 0.25) is 0 Å². The van der Waals surface area contributed by atoms with Gasteiger partial charge in [-0.25, -0.2) is 4.98 Å². The molecule has 2 N–H and O–H groups in total. The van der Waals surface area contributed by atoms with Gasteiger partial charge in [0.1, 0.15) is 0 Å². The van der Waals surface area contributed by atoms with E-state index < -0.39 is 5.97 Å². The third-order valence-electron chi connectivity index (χ3n) is 7.11. The number of carbonyl (C=O) groups is 1. The van der Waals surface area contributed by atoms with Gasteiger partial charge in [0.2, 0.25) is 0 Å². The van der Waals surface area contributed by atoms with Crippen LogP contribution in [0.3, 0.4) is 0 Å². The van der Waals surface area contributed by atoms with Gasteiger partial charge in [0.15, 0.2) is 5.82 Å². The Balaban J connectivity index is 1.55. The van der Waals surface area contributed by atoms with Gasteiger partial charge in [-0.1, -0.05) is 44.2 Å². The Morgan fingerprint density at radius 1 is 1.06 bits per heavy atom. The fourth-order valence-electron chi connectivity index (χ4n) is 5.47. The van der Waals surface area contributed by atoms with Crippen molar-refractivity contribution in [2.24, 2.45) is 0 Å². The van der Waals surface area contributed by atoms with Gasteiger partial charge in [-0.3, -0.25) is 9.59 Å². The maximum absolute atomic E-state index is 13.4. The summed E-state index contributed by atoms with van der Waals surface area (Å²) in [6.45, 7) is 3.81. The maximum Gasteiger partial charge on any atom is 0.305 e. The number of anilines is 1. The van der Waals surface area contributed by atoms with Crippen molar-refractivity contribution in [2.45, 2.75) is 89.3 Å². The van der Waals surface area contributed by atoms with Crippen LogP contribution in [0.15, 0.2) is 29.1 Å². The number of aliphatic carboxylic acids is 1. The first-order valence-electron chi connectivity index (χ1n) is 12.3. The lowest BCUT2D eigenvalue weighted by atomic mass is 9.93. The largest absolute Gasteiger partial charge is 0.481 e. The number of para-hydroxylation sites is 2. The Morgan fingerprint density at radius 3 is 2.41 bits per heavy atom. The molecule has 7 nitrogen and oxygen atoms in total. The molecule has 1 atom stereocenters. The number of nitrogens with one attached hydrogen (secondary N) is 1. The van der Waals surface area contributed by atoms with Crippen LogP contribution in [-0.4, -0.2) is 50.7 Å². The van der Waals surface area contributed by atoms with Crippen molar-refractivity contribution in [1.82, 2.24) is 14.5 Å².